The molecule has 1 aromatic carbocycles. The normalized spacial score (nSPS) is 27.4. The predicted octanol–water partition coefficient (Wildman–Crippen LogP) is 3.06. The van der Waals surface area contributed by atoms with Gasteiger partial charge in [-0.1, -0.05) is 20.8 Å². The Morgan fingerprint density at radius 3 is 2.87 bits per heavy atom. The van der Waals surface area contributed by atoms with Gasteiger partial charge in [0.25, 0.3) is 0 Å². The van der Waals surface area contributed by atoms with Crippen LogP contribution in [-0.4, -0.2) is 85.8 Å². The first kappa shape index (κ1) is 29.4. The molecule has 1 fully saturated rings. The molecule has 1 amide bonds. The van der Waals surface area contributed by atoms with Gasteiger partial charge in [0.1, 0.15) is 17.9 Å². The van der Waals surface area contributed by atoms with Crippen LogP contribution < -0.4 is 20.7 Å². The molecule has 3 aliphatic heterocycles. The summed E-state index contributed by atoms with van der Waals surface area (Å²) in [7, 11) is 0. The van der Waals surface area contributed by atoms with Gasteiger partial charge in [-0.2, -0.15) is 5.10 Å². The molecular formula is C29H46FN7O2. The molecule has 4 atom stereocenters. The second kappa shape index (κ2) is 14.2. The number of hydrogen-bond donors (Lipinski definition) is 3. The average Bonchev–Trinajstić information content (AvgIpc) is 3.31. The maximum absolute atomic E-state index is 15.3. The van der Waals surface area contributed by atoms with E-state index in [0.717, 1.165) is 62.5 Å². The summed E-state index contributed by atoms with van der Waals surface area (Å²) in [4.78, 5) is 17.2. The van der Waals surface area contributed by atoms with Gasteiger partial charge >= 0.3 is 0 Å². The molecule has 3 unspecified atom stereocenters. The molecule has 4 rings (SSSR count). The molecule has 216 valence electrons. The summed E-state index contributed by atoms with van der Waals surface area (Å²) < 4.78 is 21.0. The minimum absolute atomic E-state index is 0.110. The van der Waals surface area contributed by atoms with Crippen LogP contribution in [0.15, 0.2) is 22.3 Å². The molecule has 9 nitrogen and oxygen atoms in total. The van der Waals surface area contributed by atoms with Crippen LogP contribution in [0.5, 0.6) is 5.75 Å². The molecule has 0 aliphatic carbocycles. The molecule has 3 aliphatic rings. The van der Waals surface area contributed by atoms with E-state index in [1.54, 1.807) is 12.4 Å². The molecule has 0 saturated carbocycles. The van der Waals surface area contributed by atoms with E-state index in [1.807, 2.05) is 11.8 Å². The molecule has 1 saturated heterocycles. The highest BCUT2D eigenvalue weighted by molar-refractivity contribution is 5.92. The second-order valence-electron chi connectivity index (χ2n) is 11.0. The Morgan fingerprint density at radius 2 is 2.08 bits per heavy atom. The van der Waals surface area contributed by atoms with Crippen LogP contribution in [0.2, 0.25) is 0 Å². The fourth-order valence-electron chi connectivity index (χ4n) is 5.88. The van der Waals surface area contributed by atoms with Gasteiger partial charge in [-0.25, -0.2) is 4.39 Å². The van der Waals surface area contributed by atoms with Crippen LogP contribution in [0.1, 0.15) is 70.5 Å². The number of carbonyl (C=O) groups excluding carboxylic acids is 1. The van der Waals surface area contributed by atoms with Gasteiger partial charge in [0.05, 0.1) is 31.1 Å². The summed E-state index contributed by atoms with van der Waals surface area (Å²) in [6.45, 7) is 13.7. The molecule has 0 aromatic heterocycles. The molecule has 39 heavy (non-hydrogen) atoms. The molecule has 3 heterocycles. The minimum Gasteiger partial charge on any atom is -0.493 e. The van der Waals surface area contributed by atoms with Gasteiger partial charge in [-0.05, 0) is 57.3 Å². The molecule has 0 spiro atoms. The van der Waals surface area contributed by atoms with E-state index in [2.05, 4.69) is 51.8 Å². The maximum atomic E-state index is 15.3. The largest absolute Gasteiger partial charge is 0.493 e. The highest BCUT2D eigenvalue weighted by Gasteiger charge is 2.31. The topological polar surface area (TPSA) is 93.6 Å². The third-order valence-electron chi connectivity index (χ3n) is 8.22. The zero-order valence-corrected chi connectivity index (χ0v) is 24.0. The van der Waals surface area contributed by atoms with E-state index < -0.39 is 6.04 Å². The molecule has 10 heteroatoms. The number of hydrogen-bond acceptors (Lipinski definition) is 8. The van der Waals surface area contributed by atoms with Gasteiger partial charge in [0.2, 0.25) is 5.91 Å². The standard InChI is InChI=1S/C29H46FN7O2/c1-5-14-36(6-2)18-27(38)37-15-10-20(3)24(11-16-37)31-13-9-25-29(34-21(4)32-19-33-35-25)28-22-12-17-39-26(22)8-7-23(28)30/h7-8,19-21,24,29,31,34H,5-6,9-18H2,1-4H3,(H,32,33)/b35-25-/t20?,21-,24?,29?/m1/s1. The van der Waals surface area contributed by atoms with E-state index in [0.29, 0.717) is 50.1 Å². The molecule has 0 bridgehead atoms. The van der Waals surface area contributed by atoms with Crippen molar-refractivity contribution in [2.75, 3.05) is 45.9 Å². The Labute approximate surface area is 232 Å². The second-order valence-corrected chi connectivity index (χ2v) is 11.0. The van der Waals surface area contributed by atoms with Crippen molar-refractivity contribution in [3.05, 3.63) is 29.1 Å². The summed E-state index contributed by atoms with van der Waals surface area (Å²) >= 11 is 0. The van der Waals surface area contributed by atoms with Crippen molar-refractivity contribution in [1.29, 1.82) is 0 Å². The SMILES string of the molecule is CCCN(CC)CC(=O)N1CCC(C)C(NCC/C2=N/N=C\N[C@@H](C)NC2c2c(F)ccc3c2CCO3)CC1. The van der Waals surface area contributed by atoms with Crippen LogP contribution >= 0.6 is 0 Å². The fraction of sp³-hybridized carbons (Fsp3) is 0.690. The Kier molecular flexibility index (Phi) is 10.7. The van der Waals surface area contributed by atoms with Crippen molar-refractivity contribution in [2.24, 2.45) is 16.1 Å². The molecular weight excluding hydrogens is 497 g/mol. The van der Waals surface area contributed by atoms with Crippen molar-refractivity contribution in [3.63, 3.8) is 0 Å². The van der Waals surface area contributed by atoms with Crippen molar-refractivity contribution in [2.45, 2.75) is 78.0 Å². The lowest BCUT2D eigenvalue weighted by molar-refractivity contribution is -0.132. The lowest BCUT2D eigenvalue weighted by Gasteiger charge is -2.29. The van der Waals surface area contributed by atoms with Gasteiger partial charge < -0.3 is 20.3 Å². The first-order chi connectivity index (χ1) is 18.9. The third-order valence-corrected chi connectivity index (χ3v) is 8.22. The molecule has 3 N–H and O–H groups in total. The monoisotopic (exact) mass is 543 g/mol. The van der Waals surface area contributed by atoms with E-state index in [1.165, 1.54) is 6.07 Å². The van der Waals surface area contributed by atoms with Crippen LogP contribution in [-0.2, 0) is 11.2 Å². The number of carbonyl (C=O) groups is 1. The van der Waals surface area contributed by atoms with Crippen LogP contribution in [0.4, 0.5) is 4.39 Å². The number of benzene rings is 1. The zero-order valence-electron chi connectivity index (χ0n) is 24.0. The van der Waals surface area contributed by atoms with Gasteiger partial charge in [-0.3, -0.25) is 15.0 Å². The minimum atomic E-state index is -0.410. The van der Waals surface area contributed by atoms with Crippen LogP contribution in [0, 0.1) is 11.7 Å². The van der Waals surface area contributed by atoms with Crippen molar-refractivity contribution in [3.8, 4) is 5.75 Å². The number of rotatable bonds is 10. The van der Waals surface area contributed by atoms with Crippen molar-refractivity contribution < 1.29 is 13.9 Å². The number of amides is 1. The van der Waals surface area contributed by atoms with E-state index in [9.17, 15) is 4.79 Å². The zero-order chi connectivity index (χ0) is 27.8. The number of ether oxygens (including phenoxy) is 1. The summed E-state index contributed by atoms with van der Waals surface area (Å²) in [6.07, 6.45) is 5.72. The van der Waals surface area contributed by atoms with Crippen LogP contribution in [0.3, 0.4) is 0 Å². The first-order valence-corrected chi connectivity index (χ1v) is 14.7. The number of fused-ring (bicyclic) bond motifs is 1. The van der Waals surface area contributed by atoms with E-state index >= 15 is 4.39 Å². The predicted molar refractivity (Wildman–Crippen MR) is 154 cm³/mol. The summed E-state index contributed by atoms with van der Waals surface area (Å²) in [5.74, 6) is 1.18. The summed E-state index contributed by atoms with van der Waals surface area (Å²) in [5.41, 5.74) is 2.31. The smallest absolute Gasteiger partial charge is 0.236 e. The van der Waals surface area contributed by atoms with Gasteiger partial charge in [0, 0.05) is 49.6 Å². The van der Waals surface area contributed by atoms with Crippen LogP contribution in [0.25, 0.3) is 0 Å². The van der Waals surface area contributed by atoms with E-state index in [4.69, 9.17) is 4.74 Å². The third kappa shape index (κ3) is 7.55. The number of nitrogens with zero attached hydrogens (tertiary/aromatic N) is 4. The van der Waals surface area contributed by atoms with Crippen molar-refractivity contribution >= 4 is 18.0 Å². The lowest BCUT2D eigenvalue weighted by Crippen LogP contribution is -2.46. The average molecular weight is 544 g/mol. The Hall–Kier alpha value is -2.56. The summed E-state index contributed by atoms with van der Waals surface area (Å²) in [5, 5.41) is 19.1. The quantitative estimate of drug-likeness (QED) is 0.420. The number of halogens is 1. The number of nitrogens with one attached hydrogen (secondary N) is 3. The molecule has 0 radical (unpaired) electrons. The number of likely N-dealkylation sites (N-methyl/N-ethyl adjacent to an activating group) is 1. The first-order valence-electron chi connectivity index (χ1n) is 14.7. The fourth-order valence-corrected chi connectivity index (χ4v) is 5.88. The summed E-state index contributed by atoms with van der Waals surface area (Å²) in [6, 6.07) is 3.09. The maximum Gasteiger partial charge on any atom is 0.236 e. The highest BCUT2D eigenvalue weighted by Crippen LogP contribution is 2.35. The van der Waals surface area contributed by atoms with Crippen molar-refractivity contribution in [1.82, 2.24) is 25.8 Å². The highest BCUT2D eigenvalue weighted by atomic mass is 19.1. The molecule has 1 aromatic rings. The number of likely N-dealkylation sites (tertiary alicyclic amines) is 1. The Morgan fingerprint density at radius 1 is 1.26 bits per heavy atom. The Balaban J connectivity index is 1.39. The lowest BCUT2D eigenvalue weighted by atomic mass is 9.92. The van der Waals surface area contributed by atoms with E-state index in [-0.39, 0.29) is 17.9 Å². The Bertz CT molecular complexity index is 1030. The van der Waals surface area contributed by atoms with Gasteiger partial charge in [0.15, 0.2) is 0 Å². The van der Waals surface area contributed by atoms with Gasteiger partial charge in [-0.15, -0.1) is 5.10 Å².